The number of aromatic nitrogens is 2. The number of alkyl carbamates (subject to hydrolysis) is 1. The number of primary amides is 2. The summed E-state index contributed by atoms with van der Waals surface area (Å²) in [6.45, 7) is 9.37. The highest BCUT2D eigenvalue weighted by atomic mass is 16.6. The largest absolute Gasteiger partial charge is 0.444 e. The molecule has 2 aliphatic carbocycles. The van der Waals surface area contributed by atoms with Crippen LogP contribution in [-0.2, 0) is 4.74 Å². The van der Waals surface area contributed by atoms with Crippen LogP contribution in [0, 0.1) is 13.8 Å². The maximum Gasteiger partial charge on any atom is 0.407 e. The van der Waals surface area contributed by atoms with Gasteiger partial charge in [-0.3, -0.25) is 9.59 Å². The van der Waals surface area contributed by atoms with E-state index in [0.717, 1.165) is 61.3 Å². The lowest BCUT2D eigenvalue weighted by Gasteiger charge is -2.34. The van der Waals surface area contributed by atoms with Crippen LogP contribution in [0.15, 0.2) is 72.8 Å². The van der Waals surface area contributed by atoms with Crippen LogP contribution in [0.2, 0.25) is 0 Å². The van der Waals surface area contributed by atoms with Gasteiger partial charge in [-0.15, -0.1) is 0 Å². The molecule has 2 aromatic carbocycles. The number of amides is 3. The highest BCUT2D eigenvalue weighted by Crippen LogP contribution is 2.29. The minimum atomic E-state index is -0.545. The van der Waals surface area contributed by atoms with Crippen LogP contribution in [-0.4, -0.2) is 57.6 Å². The van der Waals surface area contributed by atoms with Gasteiger partial charge in [-0.05, 0) is 121 Å². The monoisotopic (exact) mass is 778 g/mol. The maximum absolute atomic E-state index is 12.3. The third kappa shape index (κ3) is 12.8. The summed E-state index contributed by atoms with van der Waals surface area (Å²) >= 11 is 0. The Balaban J connectivity index is 0.000000224. The van der Waals surface area contributed by atoms with Gasteiger partial charge in [-0.1, -0.05) is 37.8 Å². The number of nitrogens with one attached hydrogen (secondary N) is 5. The van der Waals surface area contributed by atoms with E-state index in [9.17, 15) is 14.4 Å². The van der Waals surface area contributed by atoms with Gasteiger partial charge >= 0.3 is 6.09 Å². The Hall–Kier alpha value is -5.89. The molecule has 2 heterocycles. The van der Waals surface area contributed by atoms with E-state index in [0.29, 0.717) is 34.1 Å². The van der Waals surface area contributed by atoms with Crippen molar-refractivity contribution in [3.63, 3.8) is 0 Å². The van der Waals surface area contributed by atoms with Crippen molar-refractivity contribution in [1.29, 1.82) is 0 Å². The molecule has 0 radical (unpaired) electrons. The number of carbonyl (C=O) groups is 3. The first kappa shape index (κ1) is 42.3. The summed E-state index contributed by atoms with van der Waals surface area (Å²) < 4.78 is 5.43. The smallest absolute Gasteiger partial charge is 0.407 e. The molecule has 2 aromatic heterocycles. The Morgan fingerprint density at radius 2 is 1.11 bits per heavy atom. The number of benzene rings is 2. The van der Waals surface area contributed by atoms with Gasteiger partial charge in [0.2, 0.25) is 0 Å². The lowest BCUT2D eigenvalue weighted by Crippen LogP contribution is -2.49. The fourth-order valence-electron chi connectivity index (χ4n) is 7.11. The normalized spacial score (nSPS) is 19.2. The third-order valence-corrected chi connectivity index (χ3v) is 9.86. The number of nitrogens with zero attached hydrogens (tertiary/aromatic N) is 2. The van der Waals surface area contributed by atoms with Gasteiger partial charge in [0, 0.05) is 40.9 Å². The molecule has 304 valence electrons. The number of aryl methyl sites for hydroxylation is 2. The molecule has 0 aliphatic heterocycles. The second-order valence-electron chi connectivity index (χ2n) is 15.8. The number of ether oxygens (including phenoxy) is 1. The zero-order valence-corrected chi connectivity index (χ0v) is 33.7. The number of hydrogen-bond acceptors (Lipinski definition) is 11. The first-order valence-corrected chi connectivity index (χ1v) is 19.7. The van der Waals surface area contributed by atoms with Crippen LogP contribution < -0.4 is 43.8 Å². The van der Waals surface area contributed by atoms with E-state index in [1.54, 1.807) is 12.1 Å². The van der Waals surface area contributed by atoms with E-state index in [2.05, 4.69) is 36.6 Å². The topological polar surface area (TPSA) is 224 Å². The van der Waals surface area contributed by atoms with Gasteiger partial charge in [0.05, 0.1) is 28.5 Å². The van der Waals surface area contributed by atoms with E-state index < -0.39 is 23.5 Å². The lowest BCUT2D eigenvalue weighted by molar-refractivity contribution is 0.0488. The summed E-state index contributed by atoms with van der Waals surface area (Å²) in [6.07, 6.45) is 7.96. The second-order valence-corrected chi connectivity index (χ2v) is 15.8. The zero-order valence-electron chi connectivity index (χ0n) is 33.7. The van der Waals surface area contributed by atoms with Gasteiger partial charge in [-0.2, -0.15) is 0 Å². The Morgan fingerprint density at radius 3 is 1.56 bits per heavy atom. The summed E-state index contributed by atoms with van der Waals surface area (Å²) in [5.74, 6) is 0.311. The first-order chi connectivity index (χ1) is 27.1. The number of rotatable bonds is 11. The van der Waals surface area contributed by atoms with E-state index in [1.807, 2.05) is 95.3 Å². The number of carbonyl (C=O) groups excluding carboxylic acids is 3. The SMILES string of the molecule is Cc1cccc(Nc2cc(N[C@@H]3CCCC[C@@H]3N)ccc2C(N)=O)n1.Cc1cccc(Nc2cc(N[C@@H]3CCCC[C@@H]3NC(=O)OC(C)(C)C)ccc2C(N)=O)n1. The summed E-state index contributed by atoms with van der Waals surface area (Å²) in [5.41, 5.74) is 22.3. The zero-order chi connectivity index (χ0) is 41.1. The molecule has 4 atom stereocenters. The predicted molar refractivity (Wildman–Crippen MR) is 227 cm³/mol. The van der Waals surface area contributed by atoms with Gasteiger partial charge in [0.15, 0.2) is 0 Å². The summed E-state index contributed by atoms with van der Waals surface area (Å²) in [4.78, 5) is 44.9. The van der Waals surface area contributed by atoms with Crippen molar-refractivity contribution in [3.05, 3.63) is 95.3 Å². The van der Waals surface area contributed by atoms with Crippen LogP contribution >= 0.6 is 0 Å². The van der Waals surface area contributed by atoms with Gasteiger partial charge in [-0.25, -0.2) is 14.8 Å². The van der Waals surface area contributed by atoms with Crippen molar-refractivity contribution in [2.24, 2.45) is 17.2 Å². The number of anilines is 6. The van der Waals surface area contributed by atoms with Crippen molar-refractivity contribution in [2.75, 3.05) is 21.3 Å². The van der Waals surface area contributed by atoms with Gasteiger partial charge < -0.3 is 48.5 Å². The molecule has 0 unspecified atom stereocenters. The molecule has 4 aromatic rings. The fourth-order valence-corrected chi connectivity index (χ4v) is 7.11. The molecular formula is C43H58N10O4. The molecule has 2 fully saturated rings. The van der Waals surface area contributed by atoms with E-state index in [1.165, 1.54) is 12.8 Å². The molecule has 6 rings (SSSR count). The number of hydrogen-bond donors (Lipinski definition) is 8. The van der Waals surface area contributed by atoms with Crippen molar-refractivity contribution < 1.29 is 19.1 Å². The first-order valence-electron chi connectivity index (χ1n) is 19.7. The van der Waals surface area contributed by atoms with E-state index in [-0.39, 0.29) is 24.2 Å². The molecule has 0 bridgehead atoms. The number of pyridine rings is 2. The van der Waals surface area contributed by atoms with Gasteiger partial charge in [0.25, 0.3) is 11.8 Å². The van der Waals surface area contributed by atoms with Crippen LogP contribution in [0.25, 0.3) is 0 Å². The molecule has 57 heavy (non-hydrogen) atoms. The van der Waals surface area contributed by atoms with Crippen molar-refractivity contribution in [3.8, 4) is 0 Å². The molecule has 3 amide bonds. The Morgan fingerprint density at radius 1 is 0.649 bits per heavy atom. The van der Waals surface area contributed by atoms with Crippen molar-refractivity contribution in [1.82, 2.24) is 15.3 Å². The molecule has 14 nitrogen and oxygen atoms in total. The van der Waals surface area contributed by atoms with Crippen molar-refractivity contribution in [2.45, 2.75) is 116 Å². The molecule has 0 saturated heterocycles. The Kier molecular flexibility index (Phi) is 14.3. The maximum atomic E-state index is 12.3. The molecule has 11 N–H and O–H groups in total. The molecule has 0 spiro atoms. The molecule has 2 saturated carbocycles. The summed E-state index contributed by atoms with van der Waals surface area (Å²) in [7, 11) is 0. The molecule has 14 heteroatoms. The van der Waals surface area contributed by atoms with E-state index >= 15 is 0 Å². The average Bonchev–Trinajstić information content (AvgIpc) is 3.13. The quantitative estimate of drug-likeness (QED) is 0.0749. The Labute approximate surface area is 335 Å². The van der Waals surface area contributed by atoms with Crippen LogP contribution in [0.4, 0.5) is 39.2 Å². The van der Waals surface area contributed by atoms with Gasteiger partial charge in [0.1, 0.15) is 17.2 Å². The second kappa shape index (κ2) is 19.3. The minimum absolute atomic E-state index is 0.0423. The summed E-state index contributed by atoms with van der Waals surface area (Å²) in [5, 5.41) is 16.4. The Bertz CT molecular complexity index is 2020. The van der Waals surface area contributed by atoms with Crippen molar-refractivity contribution >= 4 is 52.3 Å². The summed E-state index contributed by atoms with van der Waals surface area (Å²) in [6, 6.07) is 22.6. The minimum Gasteiger partial charge on any atom is -0.444 e. The standard InChI is InChI=1S/C24H33N5O3.C19H25N5O/c1-15-8-7-11-21(26-15)28-20-14-16(12-13-17(20)22(25)30)27-18-9-5-6-10-19(18)29-23(31)32-24(2,3)4;1-12-5-4-8-18(22-12)24-17-11-13(9-10-14(17)19(21)25)23-16-7-3-2-6-15(16)20/h7-8,11-14,18-19,27H,5-6,9-10H2,1-4H3,(H2,25,30)(H,26,28)(H,29,31);4-5,8-11,15-16,23H,2-3,6-7,20H2,1H3,(H2,21,25)(H,22,24)/t18-,19+;15-,16+/m10/s1. The van der Waals surface area contributed by atoms with Crippen LogP contribution in [0.3, 0.4) is 0 Å². The highest BCUT2D eigenvalue weighted by molar-refractivity contribution is 6.00. The molecule has 2 aliphatic rings. The number of nitrogens with two attached hydrogens (primary N) is 3. The predicted octanol–water partition coefficient (Wildman–Crippen LogP) is 7.39. The average molecular weight is 779 g/mol. The highest BCUT2D eigenvalue weighted by Gasteiger charge is 2.29. The fraction of sp³-hybridized carbons (Fsp3) is 0.419. The van der Waals surface area contributed by atoms with Crippen LogP contribution in [0.1, 0.15) is 104 Å². The van der Waals surface area contributed by atoms with E-state index in [4.69, 9.17) is 21.9 Å². The lowest BCUT2D eigenvalue weighted by atomic mass is 9.90. The molecular weight excluding hydrogens is 721 g/mol. The third-order valence-electron chi connectivity index (χ3n) is 9.86. The van der Waals surface area contributed by atoms with Crippen LogP contribution in [0.5, 0.6) is 0 Å².